The van der Waals surface area contributed by atoms with Crippen LogP contribution >= 0.6 is 11.3 Å². The Morgan fingerprint density at radius 1 is 1.23 bits per heavy atom. The third-order valence-electron chi connectivity index (χ3n) is 3.91. The lowest BCUT2D eigenvalue weighted by molar-refractivity contribution is -0.117. The Hall–Kier alpha value is -3.00. The first-order valence-electron chi connectivity index (χ1n) is 8.12. The number of thiophene rings is 1. The van der Waals surface area contributed by atoms with E-state index < -0.39 is 5.97 Å². The van der Waals surface area contributed by atoms with Gasteiger partial charge < -0.3 is 14.6 Å². The molecule has 1 N–H and O–H groups in total. The number of hydrogen-bond donors (Lipinski definition) is 1. The van der Waals surface area contributed by atoms with Crippen LogP contribution in [-0.4, -0.2) is 22.0 Å². The molecule has 0 spiro atoms. The molecule has 1 saturated carbocycles. The van der Waals surface area contributed by atoms with E-state index in [0.29, 0.717) is 17.1 Å². The molecule has 1 aliphatic carbocycles. The van der Waals surface area contributed by atoms with Gasteiger partial charge in [0.2, 0.25) is 11.7 Å². The smallest absolute Gasteiger partial charge is 0.338 e. The van der Waals surface area contributed by atoms with E-state index in [9.17, 15) is 9.59 Å². The maximum atomic E-state index is 12.1. The number of carbonyl (C=O) groups excluding carboxylic acids is 2. The summed E-state index contributed by atoms with van der Waals surface area (Å²) in [6.45, 7) is -0.101. The summed E-state index contributed by atoms with van der Waals surface area (Å²) in [6, 6.07) is 8.45. The maximum absolute atomic E-state index is 12.1. The maximum Gasteiger partial charge on any atom is 0.338 e. The predicted octanol–water partition coefficient (Wildman–Crippen LogP) is 3.50. The lowest BCUT2D eigenvalue weighted by atomic mass is 10.2. The zero-order valence-corrected chi connectivity index (χ0v) is 14.5. The van der Waals surface area contributed by atoms with Crippen molar-refractivity contribution in [2.75, 3.05) is 5.32 Å². The standard InChI is InChI=1S/C18H15N3O4S/c22-17(11-1-2-11)19-14-5-3-12(4-6-14)18(23)24-9-15-20-16(21-25-15)13-7-8-26-10-13/h3-8,10-11H,1-2,9H2,(H,19,22). The summed E-state index contributed by atoms with van der Waals surface area (Å²) in [6.07, 6.45) is 1.89. The molecule has 3 aromatic rings. The molecular weight excluding hydrogens is 354 g/mol. The van der Waals surface area contributed by atoms with Gasteiger partial charge in [0.25, 0.3) is 5.89 Å². The lowest BCUT2D eigenvalue weighted by Gasteiger charge is -2.05. The molecule has 2 heterocycles. The summed E-state index contributed by atoms with van der Waals surface area (Å²) in [5.41, 5.74) is 1.91. The van der Waals surface area contributed by atoms with Gasteiger partial charge >= 0.3 is 5.97 Å². The number of amides is 1. The van der Waals surface area contributed by atoms with E-state index >= 15 is 0 Å². The Kier molecular flexibility index (Phi) is 4.49. The van der Waals surface area contributed by atoms with Crippen molar-refractivity contribution in [2.24, 2.45) is 5.92 Å². The molecule has 26 heavy (non-hydrogen) atoms. The fourth-order valence-electron chi connectivity index (χ4n) is 2.31. The fourth-order valence-corrected chi connectivity index (χ4v) is 2.95. The van der Waals surface area contributed by atoms with Gasteiger partial charge in [-0.05, 0) is 48.6 Å². The van der Waals surface area contributed by atoms with Crippen molar-refractivity contribution in [1.29, 1.82) is 0 Å². The summed E-state index contributed by atoms with van der Waals surface area (Å²) >= 11 is 1.54. The highest BCUT2D eigenvalue weighted by Gasteiger charge is 2.29. The molecule has 0 bridgehead atoms. The van der Waals surface area contributed by atoms with Gasteiger partial charge in [-0.1, -0.05) is 5.16 Å². The van der Waals surface area contributed by atoms with E-state index in [0.717, 1.165) is 18.4 Å². The normalized spacial score (nSPS) is 13.4. The molecule has 0 atom stereocenters. The highest BCUT2D eigenvalue weighted by Crippen LogP contribution is 2.30. The van der Waals surface area contributed by atoms with Gasteiger partial charge in [0.15, 0.2) is 6.61 Å². The first kappa shape index (κ1) is 16.5. The first-order valence-corrected chi connectivity index (χ1v) is 9.06. The molecular formula is C18H15N3O4S. The van der Waals surface area contributed by atoms with E-state index in [1.165, 1.54) is 11.3 Å². The van der Waals surface area contributed by atoms with Crippen LogP contribution in [-0.2, 0) is 16.1 Å². The molecule has 0 radical (unpaired) electrons. The van der Waals surface area contributed by atoms with Crippen LogP contribution in [0.3, 0.4) is 0 Å². The van der Waals surface area contributed by atoms with Gasteiger partial charge in [-0.15, -0.1) is 0 Å². The van der Waals surface area contributed by atoms with Gasteiger partial charge in [-0.3, -0.25) is 4.79 Å². The average molecular weight is 369 g/mol. The van der Waals surface area contributed by atoms with Crippen LogP contribution in [0.4, 0.5) is 5.69 Å². The summed E-state index contributed by atoms with van der Waals surface area (Å²) in [5, 5.41) is 10.5. The molecule has 132 valence electrons. The van der Waals surface area contributed by atoms with Crippen LogP contribution in [0.5, 0.6) is 0 Å². The van der Waals surface area contributed by atoms with Crippen LogP contribution in [0.1, 0.15) is 29.1 Å². The number of nitrogens with zero attached hydrogens (tertiary/aromatic N) is 2. The van der Waals surface area contributed by atoms with Crippen molar-refractivity contribution in [3.8, 4) is 11.4 Å². The van der Waals surface area contributed by atoms with Gasteiger partial charge in [0.1, 0.15) is 0 Å². The second kappa shape index (κ2) is 7.09. The molecule has 1 aromatic carbocycles. The van der Waals surface area contributed by atoms with Crippen molar-refractivity contribution < 1.29 is 18.8 Å². The minimum Gasteiger partial charge on any atom is -0.452 e. The van der Waals surface area contributed by atoms with Gasteiger partial charge in [-0.25, -0.2) is 4.79 Å². The summed E-state index contributed by atoms with van der Waals surface area (Å²) in [7, 11) is 0. The Bertz CT molecular complexity index is 914. The minimum absolute atomic E-state index is 0.0261. The van der Waals surface area contributed by atoms with Crippen LogP contribution in [0, 0.1) is 5.92 Å². The number of benzene rings is 1. The minimum atomic E-state index is -0.500. The van der Waals surface area contributed by atoms with Crippen molar-refractivity contribution >= 4 is 28.9 Å². The number of aromatic nitrogens is 2. The molecule has 8 heteroatoms. The number of nitrogens with one attached hydrogen (secondary N) is 1. The van der Waals surface area contributed by atoms with Crippen molar-refractivity contribution in [1.82, 2.24) is 10.1 Å². The molecule has 1 aliphatic rings. The van der Waals surface area contributed by atoms with Crippen molar-refractivity contribution in [3.63, 3.8) is 0 Å². The molecule has 2 aromatic heterocycles. The average Bonchev–Trinajstić information content (AvgIpc) is 3.17. The zero-order chi connectivity index (χ0) is 17.9. The largest absolute Gasteiger partial charge is 0.452 e. The molecule has 1 amide bonds. The number of ether oxygens (including phenoxy) is 1. The Balaban J connectivity index is 1.32. The number of esters is 1. The van der Waals surface area contributed by atoms with E-state index in [-0.39, 0.29) is 24.3 Å². The van der Waals surface area contributed by atoms with Gasteiger partial charge in [0, 0.05) is 22.5 Å². The number of carbonyl (C=O) groups is 2. The third kappa shape index (κ3) is 3.80. The van der Waals surface area contributed by atoms with Crippen molar-refractivity contribution in [2.45, 2.75) is 19.4 Å². The SMILES string of the molecule is O=C(OCc1nc(-c2ccsc2)no1)c1ccc(NC(=O)C2CC2)cc1. The Morgan fingerprint density at radius 3 is 2.73 bits per heavy atom. The third-order valence-corrected chi connectivity index (χ3v) is 4.59. The first-order chi connectivity index (χ1) is 12.7. The molecule has 7 nitrogen and oxygen atoms in total. The molecule has 4 rings (SSSR count). The lowest BCUT2D eigenvalue weighted by Crippen LogP contribution is -2.13. The molecule has 0 unspecified atom stereocenters. The monoisotopic (exact) mass is 369 g/mol. The predicted molar refractivity (Wildman–Crippen MR) is 94.5 cm³/mol. The number of anilines is 1. The fraction of sp³-hybridized carbons (Fsp3) is 0.222. The summed E-state index contributed by atoms with van der Waals surface area (Å²) in [4.78, 5) is 28.0. The Labute approximate surface area is 153 Å². The van der Waals surface area contributed by atoms with Gasteiger partial charge in [0.05, 0.1) is 5.56 Å². The second-order valence-corrected chi connectivity index (χ2v) is 6.72. The van der Waals surface area contributed by atoms with E-state index in [4.69, 9.17) is 9.26 Å². The molecule has 0 aliphatic heterocycles. The van der Waals surface area contributed by atoms with Gasteiger partial charge in [-0.2, -0.15) is 16.3 Å². The summed E-state index contributed by atoms with van der Waals surface area (Å²) < 4.78 is 10.3. The molecule has 1 fully saturated rings. The quantitative estimate of drug-likeness (QED) is 0.668. The summed E-state index contributed by atoms with van der Waals surface area (Å²) in [5.74, 6) is 0.354. The van der Waals surface area contributed by atoms with Crippen LogP contribution in [0.15, 0.2) is 45.6 Å². The van der Waals surface area contributed by atoms with Crippen LogP contribution in [0.2, 0.25) is 0 Å². The van der Waals surface area contributed by atoms with Crippen LogP contribution < -0.4 is 5.32 Å². The highest BCUT2D eigenvalue weighted by atomic mass is 32.1. The van der Waals surface area contributed by atoms with Crippen LogP contribution in [0.25, 0.3) is 11.4 Å². The van der Waals surface area contributed by atoms with E-state index in [1.807, 2.05) is 16.8 Å². The number of hydrogen-bond acceptors (Lipinski definition) is 7. The zero-order valence-electron chi connectivity index (χ0n) is 13.7. The van der Waals surface area contributed by atoms with Crippen molar-refractivity contribution in [3.05, 3.63) is 52.5 Å². The Morgan fingerprint density at radius 2 is 2.04 bits per heavy atom. The topological polar surface area (TPSA) is 94.3 Å². The number of rotatable bonds is 6. The molecule has 0 saturated heterocycles. The van der Waals surface area contributed by atoms with E-state index in [1.54, 1.807) is 24.3 Å². The van der Waals surface area contributed by atoms with E-state index in [2.05, 4.69) is 15.5 Å². The second-order valence-electron chi connectivity index (χ2n) is 5.94. The highest BCUT2D eigenvalue weighted by molar-refractivity contribution is 7.08.